The molecule has 1 heterocycles. The quantitative estimate of drug-likeness (QED) is 0.635. The van der Waals surface area contributed by atoms with Crippen LogP contribution in [0.1, 0.15) is 26.3 Å². The maximum absolute atomic E-state index is 12.6. The first kappa shape index (κ1) is 19.2. The molecule has 7 nitrogen and oxygen atoms in total. The Kier molecular flexibility index (Phi) is 4.72. The number of aromatic nitrogens is 2. The molecule has 0 radical (unpaired) electrons. The zero-order chi connectivity index (χ0) is 20.6. The van der Waals surface area contributed by atoms with Crippen LogP contribution in [0.3, 0.4) is 0 Å². The Labute approximate surface area is 156 Å². The van der Waals surface area contributed by atoms with Gasteiger partial charge in [-0.2, -0.15) is 13.2 Å². The van der Waals surface area contributed by atoms with Gasteiger partial charge in [-0.3, -0.25) is 14.2 Å². The summed E-state index contributed by atoms with van der Waals surface area (Å²) in [4.78, 5) is 37.9. The first-order chi connectivity index (χ1) is 13.0. The van der Waals surface area contributed by atoms with E-state index in [4.69, 9.17) is 5.73 Å². The van der Waals surface area contributed by atoms with Crippen LogP contribution in [0.2, 0.25) is 0 Å². The van der Waals surface area contributed by atoms with Gasteiger partial charge in [0, 0.05) is 16.8 Å². The number of rotatable bonds is 4. The van der Waals surface area contributed by atoms with E-state index in [2.05, 4.69) is 10.3 Å². The summed E-state index contributed by atoms with van der Waals surface area (Å²) in [5, 5.41) is 2.58. The second-order valence-corrected chi connectivity index (χ2v) is 6.21. The number of carbonyl (C=O) groups excluding carboxylic acids is 2. The van der Waals surface area contributed by atoms with Crippen molar-refractivity contribution in [2.45, 2.75) is 19.6 Å². The zero-order valence-electron chi connectivity index (χ0n) is 14.6. The van der Waals surface area contributed by atoms with E-state index in [1.165, 1.54) is 24.3 Å². The third kappa shape index (κ3) is 3.90. The molecule has 0 spiro atoms. The Balaban J connectivity index is 1.90. The number of amides is 2. The Morgan fingerprint density at radius 3 is 2.54 bits per heavy atom. The molecule has 4 N–H and O–H groups in total. The van der Waals surface area contributed by atoms with Crippen molar-refractivity contribution < 1.29 is 22.8 Å². The van der Waals surface area contributed by atoms with Gasteiger partial charge in [0.25, 0.3) is 5.91 Å². The minimum absolute atomic E-state index is 0.0326. The van der Waals surface area contributed by atoms with Gasteiger partial charge in [0.15, 0.2) is 0 Å². The number of aromatic amines is 1. The highest BCUT2D eigenvalue weighted by atomic mass is 19.4. The lowest BCUT2D eigenvalue weighted by molar-refractivity contribution is -0.140. The van der Waals surface area contributed by atoms with Gasteiger partial charge in [-0.05, 0) is 42.8 Å². The Morgan fingerprint density at radius 2 is 1.89 bits per heavy atom. The number of primary amides is 1. The number of halogens is 3. The lowest BCUT2D eigenvalue weighted by Crippen LogP contribution is -2.26. The predicted molar refractivity (Wildman–Crippen MR) is 96.3 cm³/mol. The molecular formula is C18H15F3N4O3. The van der Waals surface area contributed by atoms with Crippen LogP contribution in [0.4, 0.5) is 18.9 Å². The van der Waals surface area contributed by atoms with Gasteiger partial charge in [0.05, 0.1) is 11.0 Å². The zero-order valence-corrected chi connectivity index (χ0v) is 14.6. The predicted octanol–water partition coefficient (Wildman–Crippen LogP) is 2.55. The molecule has 0 atom stereocenters. The minimum atomic E-state index is -4.56. The van der Waals surface area contributed by atoms with Crippen molar-refractivity contribution in [3.8, 4) is 0 Å². The highest BCUT2D eigenvalue weighted by Gasteiger charge is 2.29. The molecule has 28 heavy (non-hydrogen) atoms. The Hall–Kier alpha value is -3.56. The molecule has 0 saturated heterocycles. The average Bonchev–Trinajstić information content (AvgIpc) is 2.89. The molecule has 0 saturated carbocycles. The van der Waals surface area contributed by atoms with Gasteiger partial charge in [-0.1, -0.05) is 6.07 Å². The first-order valence-corrected chi connectivity index (χ1v) is 8.06. The molecule has 0 aliphatic carbocycles. The molecule has 1 aromatic heterocycles. The summed E-state index contributed by atoms with van der Waals surface area (Å²) in [5.41, 5.74) is 5.84. The number of H-pyrrole nitrogens is 1. The number of anilines is 1. The molecule has 0 fully saturated rings. The fourth-order valence-electron chi connectivity index (χ4n) is 2.81. The highest BCUT2D eigenvalue weighted by Crippen LogP contribution is 2.21. The number of carbonyl (C=O) groups is 2. The number of nitrogens with two attached hydrogens (primary N) is 1. The van der Waals surface area contributed by atoms with E-state index < -0.39 is 30.2 Å². The smallest absolute Gasteiger partial charge is 0.366 e. The fourth-order valence-corrected chi connectivity index (χ4v) is 2.81. The van der Waals surface area contributed by atoms with Crippen LogP contribution < -0.4 is 16.7 Å². The molecule has 146 valence electrons. The van der Waals surface area contributed by atoms with Crippen molar-refractivity contribution in [2.24, 2.45) is 5.73 Å². The molecule has 3 aromatic rings. The van der Waals surface area contributed by atoms with Crippen LogP contribution in [0, 0.1) is 6.92 Å². The lowest BCUT2D eigenvalue weighted by Gasteiger charge is -2.09. The Morgan fingerprint density at radius 1 is 1.18 bits per heavy atom. The summed E-state index contributed by atoms with van der Waals surface area (Å²) in [7, 11) is 0. The van der Waals surface area contributed by atoms with Crippen molar-refractivity contribution in [1.82, 2.24) is 9.55 Å². The third-order valence-electron chi connectivity index (χ3n) is 4.13. The molecule has 2 aromatic carbocycles. The van der Waals surface area contributed by atoms with Crippen LogP contribution in [0.25, 0.3) is 11.0 Å². The molecular weight excluding hydrogens is 377 g/mol. The first-order valence-electron chi connectivity index (χ1n) is 8.06. The van der Waals surface area contributed by atoms with Crippen LogP contribution in [-0.4, -0.2) is 27.5 Å². The van der Waals surface area contributed by atoms with Gasteiger partial charge >= 0.3 is 11.9 Å². The summed E-state index contributed by atoms with van der Waals surface area (Å²) in [6.07, 6.45) is -4.56. The number of hydrogen-bond acceptors (Lipinski definition) is 3. The number of imidazole rings is 1. The van der Waals surface area contributed by atoms with E-state index in [0.717, 1.165) is 0 Å². The number of fused-ring (bicyclic) bond motifs is 1. The molecule has 0 aliphatic rings. The van der Waals surface area contributed by atoms with E-state index >= 15 is 0 Å². The maximum atomic E-state index is 12.6. The third-order valence-corrected chi connectivity index (χ3v) is 4.13. The van der Waals surface area contributed by atoms with E-state index in [9.17, 15) is 27.6 Å². The van der Waals surface area contributed by atoms with Crippen LogP contribution >= 0.6 is 0 Å². The standard InChI is InChI=1S/C18H15F3N4O3/c1-9-2-4-11(7-12(9)15(22)26)23-16(27)10-3-5-14-13(6-10)24-17(28)25(14)8-18(19,20)21/h2-7H,8H2,1H3,(H2,22,26)(H,23,27)(H,24,28). The van der Waals surface area contributed by atoms with Crippen molar-refractivity contribution in [3.05, 3.63) is 63.6 Å². The largest absolute Gasteiger partial charge is 0.406 e. The summed E-state index contributed by atoms with van der Waals surface area (Å²) in [6.45, 7) is 0.262. The molecule has 2 amide bonds. The summed E-state index contributed by atoms with van der Waals surface area (Å²) in [5.74, 6) is -1.20. The van der Waals surface area contributed by atoms with Gasteiger partial charge < -0.3 is 16.0 Å². The van der Waals surface area contributed by atoms with E-state index in [1.54, 1.807) is 19.1 Å². The molecule has 3 rings (SSSR count). The van der Waals surface area contributed by atoms with Crippen molar-refractivity contribution in [3.63, 3.8) is 0 Å². The fraction of sp³-hybridized carbons (Fsp3) is 0.167. The lowest BCUT2D eigenvalue weighted by atomic mass is 10.1. The Bertz CT molecular complexity index is 1150. The minimum Gasteiger partial charge on any atom is -0.366 e. The second-order valence-electron chi connectivity index (χ2n) is 6.21. The van der Waals surface area contributed by atoms with E-state index in [1.807, 2.05) is 0 Å². The van der Waals surface area contributed by atoms with Gasteiger partial charge in [-0.15, -0.1) is 0 Å². The normalized spacial score (nSPS) is 11.6. The van der Waals surface area contributed by atoms with Gasteiger partial charge in [0.2, 0.25) is 5.91 Å². The van der Waals surface area contributed by atoms with Gasteiger partial charge in [-0.25, -0.2) is 4.79 Å². The monoisotopic (exact) mass is 392 g/mol. The number of alkyl halides is 3. The summed E-state index contributed by atoms with van der Waals surface area (Å²) in [6, 6.07) is 8.48. The molecule has 10 heteroatoms. The second kappa shape index (κ2) is 6.87. The number of nitrogens with one attached hydrogen (secondary N) is 2. The average molecular weight is 392 g/mol. The molecule has 0 bridgehead atoms. The molecule has 0 unspecified atom stereocenters. The number of nitrogens with zero attached hydrogens (tertiary/aromatic N) is 1. The number of aryl methyl sites for hydroxylation is 1. The number of benzene rings is 2. The van der Waals surface area contributed by atoms with Crippen LogP contribution in [0.5, 0.6) is 0 Å². The van der Waals surface area contributed by atoms with Crippen molar-refractivity contribution in [2.75, 3.05) is 5.32 Å². The molecule has 0 aliphatic heterocycles. The highest BCUT2D eigenvalue weighted by molar-refractivity contribution is 6.06. The van der Waals surface area contributed by atoms with Crippen LogP contribution in [0.15, 0.2) is 41.2 Å². The van der Waals surface area contributed by atoms with Crippen LogP contribution in [-0.2, 0) is 6.54 Å². The number of hydrogen-bond donors (Lipinski definition) is 3. The topological polar surface area (TPSA) is 110 Å². The van der Waals surface area contributed by atoms with Crippen molar-refractivity contribution in [1.29, 1.82) is 0 Å². The van der Waals surface area contributed by atoms with Gasteiger partial charge in [0.1, 0.15) is 6.54 Å². The SMILES string of the molecule is Cc1ccc(NC(=O)c2ccc3c(c2)[nH]c(=O)n3CC(F)(F)F)cc1C(N)=O. The summed E-state index contributed by atoms with van der Waals surface area (Å²) >= 11 is 0. The van der Waals surface area contributed by atoms with Crippen molar-refractivity contribution >= 4 is 28.5 Å². The maximum Gasteiger partial charge on any atom is 0.406 e. The summed E-state index contributed by atoms with van der Waals surface area (Å²) < 4.78 is 38.4. The van der Waals surface area contributed by atoms with E-state index in [-0.39, 0.29) is 22.2 Å². The van der Waals surface area contributed by atoms with E-state index in [0.29, 0.717) is 15.8 Å².